The van der Waals surface area contributed by atoms with Crippen LogP contribution in [0.25, 0.3) is 0 Å². The van der Waals surface area contributed by atoms with Gasteiger partial charge < -0.3 is 0 Å². The first-order chi connectivity index (χ1) is 6.97. The third-order valence-corrected chi connectivity index (χ3v) is 2.58. The maximum Gasteiger partial charge on any atom is 0.155 e. The fourth-order valence-electron chi connectivity index (χ4n) is 1.01. The first-order valence-electron chi connectivity index (χ1n) is 5.44. The van der Waals surface area contributed by atoms with Crippen LogP contribution in [0.3, 0.4) is 0 Å². The molecule has 0 spiro atoms. The third-order valence-electron chi connectivity index (χ3n) is 2.58. The Morgan fingerprint density at radius 2 is 1.47 bits per heavy atom. The van der Waals surface area contributed by atoms with E-state index in [0.29, 0.717) is 0 Å². The van der Waals surface area contributed by atoms with Gasteiger partial charge in [-0.15, -0.1) is 0 Å². The normalized spacial score (nSPS) is 14.3. The second-order valence-corrected chi connectivity index (χ2v) is 4.05. The second kappa shape index (κ2) is 7.22. The van der Waals surface area contributed by atoms with E-state index in [2.05, 4.69) is 26.8 Å². The number of carbonyl (C=O) groups is 1. The zero-order chi connectivity index (χ0) is 11.8. The molecule has 15 heavy (non-hydrogen) atoms. The van der Waals surface area contributed by atoms with E-state index in [1.165, 1.54) is 11.1 Å². The van der Waals surface area contributed by atoms with Crippen molar-refractivity contribution in [2.24, 2.45) is 0 Å². The van der Waals surface area contributed by atoms with E-state index in [9.17, 15) is 4.79 Å². The van der Waals surface area contributed by atoms with Crippen molar-refractivity contribution in [3.63, 3.8) is 0 Å². The topological polar surface area (TPSA) is 17.1 Å². The maximum atomic E-state index is 11.0. The predicted octanol–water partition coefficient (Wildman–Crippen LogP) is 4.21. The minimum atomic E-state index is 0.142. The summed E-state index contributed by atoms with van der Waals surface area (Å²) in [4.78, 5) is 11.0. The Balaban J connectivity index is 4.22. The van der Waals surface area contributed by atoms with Crippen LogP contribution in [0.5, 0.6) is 0 Å². The number of hydrogen-bond donors (Lipinski definition) is 0. The fraction of sp³-hybridized carbons (Fsp3) is 0.500. The van der Waals surface area contributed by atoms with Crippen molar-refractivity contribution in [1.82, 2.24) is 0 Å². The van der Waals surface area contributed by atoms with Crippen LogP contribution in [-0.2, 0) is 4.79 Å². The molecule has 0 heterocycles. The number of ketones is 1. The summed E-state index contributed by atoms with van der Waals surface area (Å²) < 4.78 is 0. The van der Waals surface area contributed by atoms with Crippen LogP contribution in [0.4, 0.5) is 0 Å². The predicted molar refractivity (Wildman–Crippen MR) is 66.9 cm³/mol. The van der Waals surface area contributed by atoms with Gasteiger partial charge in [0.05, 0.1) is 0 Å². The molecule has 0 aromatic rings. The molecule has 0 aromatic heterocycles. The minimum absolute atomic E-state index is 0.142. The van der Waals surface area contributed by atoms with Crippen molar-refractivity contribution in [2.45, 2.75) is 47.5 Å². The highest BCUT2D eigenvalue weighted by Gasteiger charge is 1.94. The molecule has 0 N–H and O–H groups in total. The molecule has 0 aliphatic rings. The van der Waals surface area contributed by atoms with Gasteiger partial charge in [0.25, 0.3) is 0 Å². The van der Waals surface area contributed by atoms with Crippen LogP contribution < -0.4 is 0 Å². The first-order valence-corrected chi connectivity index (χ1v) is 5.44. The van der Waals surface area contributed by atoms with Crippen molar-refractivity contribution in [1.29, 1.82) is 0 Å². The molecule has 0 fully saturated rings. The molecular formula is C14H22O. The van der Waals surface area contributed by atoms with Crippen molar-refractivity contribution in [3.05, 3.63) is 34.9 Å². The van der Waals surface area contributed by atoms with Crippen LogP contribution in [0.15, 0.2) is 34.9 Å². The van der Waals surface area contributed by atoms with Gasteiger partial charge in [-0.2, -0.15) is 0 Å². The van der Waals surface area contributed by atoms with Gasteiger partial charge in [-0.1, -0.05) is 29.4 Å². The van der Waals surface area contributed by atoms with Gasteiger partial charge in [-0.3, -0.25) is 4.79 Å². The van der Waals surface area contributed by atoms with E-state index >= 15 is 0 Å². The summed E-state index contributed by atoms with van der Waals surface area (Å²) in [5.41, 5.74) is 3.55. The van der Waals surface area contributed by atoms with Crippen LogP contribution in [0.2, 0.25) is 0 Å². The largest absolute Gasteiger partial charge is 0.295 e. The lowest BCUT2D eigenvalue weighted by Crippen LogP contribution is -1.90. The summed E-state index contributed by atoms with van der Waals surface area (Å²) >= 11 is 0. The number of hydrogen-bond acceptors (Lipinski definition) is 1. The summed E-state index contributed by atoms with van der Waals surface area (Å²) in [6.07, 6.45) is 8.26. The second-order valence-electron chi connectivity index (χ2n) is 4.05. The molecule has 84 valence electrons. The van der Waals surface area contributed by atoms with Crippen molar-refractivity contribution >= 4 is 5.78 Å². The molecular weight excluding hydrogens is 184 g/mol. The molecule has 1 nitrogen and oxygen atoms in total. The van der Waals surface area contributed by atoms with Crippen molar-refractivity contribution in [3.8, 4) is 0 Å². The van der Waals surface area contributed by atoms with E-state index in [4.69, 9.17) is 0 Å². The zero-order valence-corrected chi connectivity index (χ0v) is 10.6. The van der Waals surface area contributed by atoms with Gasteiger partial charge in [0.1, 0.15) is 0 Å². The van der Waals surface area contributed by atoms with Crippen molar-refractivity contribution < 1.29 is 4.79 Å². The quantitative estimate of drug-likeness (QED) is 0.374. The molecule has 0 rings (SSSR count). The Morgan fingerprint density at radius 3 is 1.93 bits per heavy atom. The Hall–Kier alpha value is -1.11. The van der Waals surface area contributed by atoms with Gasteiger partial charge in [0.15, 0.2) is 5.78 Å². The minimum Gasteiger partial charge on any atom is -0.295 e. The molecule has 0 bridgehead atoms. The molecule has 0 unspecified atom stereocenters. The summed E-state index contributed by atoms with van der Waals surface area (Å²) in [6.45, 7) is 9.76. The highest BCUT2D eigenvalue weighted by Crippen LogP contribution is 2.11. The van der Waals surface area contributed by atoms with Gasteiger partial charge in [-0.05, 0) is 53.0 Å². The monoisotopic (exact) mass is 206 g/mol. The highest BCUT2D eigenvalue weighted by atomic mass is 16.1. The average molecular weight is 206 g/mol. The fourth-order valence-corrected chi connectivity index (χ4v) is 1.01. The van der Waals surface area contributed by atoms with E-state index in [1.54, 1.807) is 6.92 Å². The Bertz CT molecular complexity index is 303. The molecule has 0 aliphatic heterocycles. The van der Waals surface area contributed by atoms with Gasteiger partial charge in [0.2, 0.25) is 0 Å². The molecule has 0 saturated heterocycles. The Kier molecular flexibility index (Phi) is 6.68. The van der Waals surface area contributed by atoms with E-state index < -0.39 is 0 Å². The van der Waals surface area contributed by atoms with Crippen molar-refractivity contribution in [2.75, 3.05) is 0 Å². The van der Waals surface area contributed by atoms with Crippen LogP contribution in [-0.4, -0.2) is 5.78 Å². The lowest BCUT2D eigenvalue weighted by molar-refractivity contribution is -0.113. The molecule has 1 heteroatoms. The molecule has 0 aliphatic carbocycles. The third kappa shape index (κ3) is 6.89. The highest BCUT2D eigenvalue weighted by molar-refractivity contribution is 5.92. The van der Waals surface area contributed by atoms with E-state index in [-0.39, 0.29) is 5.78 Å². The number of rotatable bonds is 5. The average Bonchev–Trinajstić information content (AvgIpc) is 2.21. The first kappa shape index (κ1) is 13.9. The SMILES string of the molecule is C/C=C(\C)CC/C(C)=C/C=C(\C)C(C)=O. The molecule has 0 saturated carbocycles. The Labute approximate surface area is 93.6 Å². The molecule has 0 atom stereocenters. The number of carbonyl (C=O) groups excluding carboxylic acids is 1. The van der Waals surface area contributed by atoms with E-state index in [0.717, 1.165) is 18.4 Å². The van der Waals surface area contributed by atoms with Crippen LogP contribution in [0.1, 0.15) is 47.5 Å². The molecule has 0 amide bonds. The number of allylic oxidation sites excluding steroid dienone is 6. The summed E-state index contributed by atoms with van der Waals surface area (Å²) in [5, 5.41) is 0. The summed E-state index contributed by atoms with van der Waals surface area (Å²) in [5.74, 6) is 0.142. The van der Waals surface area contributed by atoms with Gasteiger partial charge in [0, 0.05) is 0 Å². The summed E-state index contributed by atoms with van der Waals surface area (Å²) in [7, 11) is 0. The Morgan fingerprint density at radius 1 is 0.933 bits per heavy atom. The van der Waals surface area contributed by atoms with Crippen LogP contribution >= 0.6 is 0 Å². The standard InChI is InChI=1S/C14H22O/c1-6-11(2)7-8-12(3)9-10-13(4)14(5)15/h6,9-10H,7-8H2,1-5H3/b11-6+,12-9+,13-10+. The smallest absolute Gasteiger partial charge is 0.155 e. The van der Waals surface area contributed by atoms with Gasteiger partial charge >= 0.3 is 0 Å². The van der Waals surface area contributed by atoms with Gasteiger partial charge in [-0.25, -0.2) is 0 Å². The van der Waals surface area contributed by atoms with Crippen LogP contribution in [0, 0.1) is 0 Å². The molecule has 0 aromatic carbocycles. The zero-order valence-electron chi connectivity index (χ0n) is 10.6. The molecule has 0 radical (unpaired) electrons. The lowest BCUT2D eigenvalue weighted by Gasteiger charge is -2.00. The summed E-state index contributed by atoms with van der Waals surface area (Å²) in [6, 6.07) is 0. The lowest BCUT2D eigenvalue weighted by atomic mass is 10.1. The number of Topliss-reactive ketones (excluding diaryl/α,β-unsaturated/α-hetero) is 1. The maximum absolute atomic E-state index is 11.0. The van der Waals surface area contributed by atoms with E-state index in [1.807, 2.05) is 19.1 Å².